The lowest BCUT2D eigenvalue weighted by atomic mass is 9.91. The lowest BCUT2D eigenvalue weighted by molar-refractivity contribution is 0.0982. The quantitative estimate of drug-likeness (QED) is 0.245. The highest BCUT2D eigenvalue weighted by molar-refractivity contribution is 5.97. The first kappa shape index (κ1) is 22.5. The summed E-state index contributed by atoms with van der Waals surface area (Å²) in [5, 5.41) is 1.15. The average Bonchev–Trinajstić information content (AvgIpc) is 3.68. The lowest BCUT2D eigenvalue weighted by Crippen LogP contribution is -2.12. The summed E-state index contributed by atoms with van der Waals surface area (Å²) in [5.74, 6) is 0.790. The number of rotatable bonds is 7. The van der Waals surface area contributed by atoms with Crippen molar-refractivity contribution >= 4 is 22.5 Å². The minimum atomic E-state index is -0.0763. The van der Waals surface area contributed by atoms with Gasteiger partial charge in [0.05, 0.1) is 17.4 Å². The zero-order valence-corrected chi connectivity index (χ0v) is 20.8. The standard InChI is InChI=1S/C32H25N5O/c38-29(12-10-27-8-1-2-15-33-27)24-6-3-5-22(17-24)25-19-35-31-36-20-30(37(31)21-25)32(13-14-32)26-9-11-28-23(18-26)7-4-16-34-28/h1-9,11,15-21H,10,12-14H2. The van der Waals surface area contributed by atoms with Crippen LogP contribution in [0, 0.1) is 0 Å². The molecule has 38 heavy (non-hydrogen) atoms. The Kier molecular flexibility index (Phi) is 5.32. The van der Waals surface area contributed by atoms with Crippen molar-refractivity contribution in [1.29, 1.82) is 0 Å². The van der Waals surface area contributed by atoms with E-state index in [4.69, 9.17) is 0 Å². The van der Waals surface area contributed by atoms with Crippen molar-refractivity contribution in [1.82, 2.24) is 24.3 Å². The Morgan fingerprint density at radius 2 is 1.71 bits per heavy atom. The van der Waals surface area contributed by atoms with Crippen molar-refractivity contribution in [2.24, 2.45) is 0 Å². The molecule has 4 aromatic heterocycles. The van der Waals surface area contributed by atoms with Gasteiger partial charge < -0.3 is 0 Å². The van der Waals surface area contributed by atoms with Gasteiger partial charge in [0.1, 0.15) is 0 Å². The Labute approximate surface area is 220 Å². The van der Waals surface area contributed by atoms with Gasteiger partial charge in [-0.1, -0.05) is 36.4 Å². The third-order valence-electron chi connectivity index (χ3n) is 7.61. The Balaban J connectivity index is 1.21. The Morgan fingerprint density at radius 3 is 2.58 bits per heavy atom. The number of Topliss-reactive ketones (excluding diaryl/α,β-unsaturated/α-hetero) is 1. The summed E-state index contributed by atoms with van der Waals surface area (Å²) >= 11 is 0. The van der Waals surface area contributed by atoms with Crippen LogP contribution in [0.4, 0.5) is 0 Å². The van der Waals surface area contributed by atoms with Crippen molar-refractivity contribution < 1.29 is 4.79 Å². The molecule has 0 N–H and O–H groups in total. The summed E-state index contributed by atoms with van der Waals surface area (Å²) in [6, 6.07) is 24.2. The Bertz CT molecular complexity index is 1800. The zero-order chi connectivity index (χ0) is 25.5. The largest absolute Gasteiger partial charge is 0.294 e. The number of aryl methyl sites for hydroxylation is 1. The summed E-state index contributed by atoms with van der Waals surface area (Å²) in [6.07, 6.45) is 12.7. The van der Waals surface area contributed by atoms with Crippen LogP contribution in [0.2, 0.25) is 0 Å². The summed E-state index contributed by atoms with van der Waals surface area (Å²) in [5.41, 5.74) is 6.90. The number of carbonyl (C=O) groups excluding carboxylic acids is 1. The van der Waals surface area contributed by atoms with Crippen molar-refractivity contribution in [3.63, 3.8) is 0 Å². The molecule has 7 rings (SSSR count). The molecular formula is C32H25N5O. The summed E-state index contributed by atoms with van der Waals surface area (Å²) < 4.78 is 2.12. The summed E-state index contributed by atoms with van der Waals surface area (Å²) in [7, 11) is 0. The number of benzene rings is 2. The molecule has 1 saturated carbocycles. The summed E-state index contributed by atoms with van der Waals surface area (Å²) in [6.45, 7) is 0. The van der Waals surface area contributed by atoms with E-state index in [1.165, 1.54) is 5.56 Å². The molecule has 0 amide bonds. The molecule has 0 aliphatic heterocycles. The molecule has 0 unspecified atom stereocenters. The highest BCUT2D eigenvalue weighted by Gasteiger charge is 2.48. The highest BCUT2D eigenvalue weighted by atomic mass is 16.1. The lowest BCUT2D eigenvalue weighted by Gasteiger charge is -2.17. The van der Waals surface area contributed by atoms with E-state index >= 15 is 0 Å². The van der Waals surface area contributed by atoms with Crippen molar-refractivity contribution in [3.8, 4) is 11.1 Å². The van der Waals surface area contributed by atoms with Gasteiger partial charge in [0.2, 0.25) is 5.78 Å². The second-order valence-electron chi connectivity index (χ2n) is 9.97. The van der Waals surface area contributed by atoms with Gasteiger partial charge in [-0.2, -0.15) is 0 Å². The molecule has 6 aromatic rings. The molecule has 6 nitrogen and oxygen atoms in total. The number of ketones is 1. The smallest absolute Gasteiger partial charge is 0.233 e. The molecule has 184 valence electrons. The zero-order valence-electron chi connectivity index (χ0n) is 20.8. The molecule has 0 bridgehead atoms. The van der Waals surface area contributed by atoms with Gasteiger partial charge in [0.25, 0.3) is 0 Å². The van der Waals surface area contributed by atoms with Gasteiger partial charge in [-0.15, -0.1) is 0 Å². The first-order valence-electron chi connectivity index (χ1n) is 12.9. The Morgan fingerprint density at radius 1 is 0.816 bits per heavy atom. The molecule has 0 saturated heterocycles. The van der Waals surface area contributed by atoms with Crippen molar-refractivity contribution in [3.05, 3.63) is 126 Å². The number of fused-ring (bicyclic) bond motifs is 2. The molecular weight excluding hydrogens is 470 g/mol. The number of hydrogen-bond acceptors (Lipinski definition) is 5. The second-order valence-corrected chi connectivity index (χ2v) is 9.97. The van der Waals surface area contributed by atoms with Gasteiger partial charge in [-0.3, -0.25) is 19.2 Å². The van der Waals surface area contributed by atoms with Crippen LogP contribution in [-0.4, -0.2) is 30.1 Å². The fraction of sp³-hybridized carbons (Fsp3) is 0.156. The maximum Gasteiger partial charge on any atom is 0.233 e. The first-order valence-corrected chi connectivity index (χ1v) is 12.9. The molecule has 0 spiro atoms. The maximum atomic E-state index is 13.0. The Hall–Kier alpha value is -4.71. The minimum Gasteiger partial charge on any atom is -0.294 e. The highest BCUT2D eigenvalue weighted by Crippen LogP contribution is 2.53. The van der Waals surface area contributed by atoms with Crippen LogP contribution in [0.3, 0.4) is 0 Å². The van der Waals surface area contributed by atoms with Crippen LogP contribution in [0.15, 0.2) is 104 Å². The third kappa shape index (κ3) is 3.95. The van der Waals surface area contributed by atoms with Crippen LogP contribution in [0.25, 0.3) is 27.8 Å². The molecule has 6 heteroatoms. The maximum absolute atomic E-state index is 13.0. The van der Waals surface area contributed by atoms with E-state index in [1.54, 1.807) is 6.20 Å². The number of pyridine rings is 2. The fourth-order valence-electron chi connectivity index (χ4n) is 5.37. The monoisotopic (exact) mass is 495 g/mol. The van der Waals surface area contributed by atoms with Crippen LogP contribution in [-0.2, 0) is 11.8 Å². The molecule has 2 aromatic carbocycles. The molecule has 4 heterocycles. The number of aromatic nitrogens is 5. The van der Waals surface area contributed by atoms with E-state index in [0.717, 1.165) is 46.3 Å². The van der Waals surface area contributed by atoms with Crippen molar-refractivity contribution in [2.75, 3.05) is 0 Å². The number of hydrogen-bond donors (Lipinski definition) is 0. The van der Waals surface area contributed by atoms with E-state index in [2.05, 4.69) is 54.8 Å². The predicted molar refractivity (Wildman–Crippen MR) is 147 cm³/mol. The van der Waals surface area contributed by atoms with E-state index in [1.807, 2.05) is 67.1 Å². The van der Waals surface area contributed by atoms with E-state index < -0.39 is 0 Å². The molecule has 0 atom stereocenters. The molecule has 0 radical (unpaired) electrons. The third-order valence-corrected chi connectivity index (χ3v) is 7.61. The summed E-state index contributed by atoms with van der Waals surface area (Å²) in [4.78, 5) is 31.0. The number of carbonyl (C=O) groups is 1. The van der Waals surface area contributed by atoms with E-state index in [-0.39, 0.29) is 11.2 Å². The average molecular weight is 496 g/mol. The van der Waals surface area contributed by atoms with Gasteiger partial charge in [-0.25, -0.2) is 9.97 Å². The van der Waals surface area contributed by atoms with Gasteiger partial charge in [-0.05, 0) is 66.8 Å². The van der Waals surface area contributed by atoms with E-state index in [0.29, 0.717) is 24.2 Å². The predicted octanol–water partition coefficient (Wildman–Crippen LogP) is 6.23. The first-order chi connectivity index (χ1) is 18.7. The van der Waals surface area contributed by atoms with Gasteiger partial charge in [0, 0.05) is 58.8 Å². The van der Waals surface area contributed by atoms with Crippen LogP contribution in [0.5, 0.6) is 0 Å². The van der Waals surface area contributed by atoms with E-state index in [9.17, 15) is 4.79 Å². The van der Waals surface area contributed by atoms with Gasteiger partial charge in [0.15, 0.2) is 5.78 Å². The molecule has 1 aliphatic carbocycles. The van der Waals surface area contributed by atoms with Gasteiger partial charge >= 0.3 is 0 Å². The number of imidazole rings is 1. The van der Waals surface area contributed by atoms with Crippen molar-refractivity contribution in [2.45, 2.75) is 31.1 Å². The molecule has 1 aliphatic rings. The SMILES string of the molecule is O=C(CCc1ccccn1)c1cccc(-c2cnc3ncc(C4(c5ccc6ncccc6c5)CC4)n3c2)c1. The number of nitrogens with zero attached hydrogens (tertiary/aromatic N) is 5. The van der Waals surface area contributed by atoms with Crippen LogP contribution < -0.4 is 0 Å². The topological polar surface area (TPSA) is 73.0 Å². The second kappa shape index (κ2) is 8.99. The van der Waals surface area contributed by atoms with Crippen LogP contribution >= 0.6 is 0 Å². The molecule has 1 fully saturated rings. The normalized spacial score (nSPS) is 14.1. The van der Waals surface area contributed by atoms with Crippen LogP contribution in [0.1, 0.15) is 46.6 Å². The fourth-order valence-corrected chi connectivity index (χ4v) is 5.37. The minimum absolute atomic E-state index is 0.0763.